The van der Waals surface area contributed by atoms with Crippen LogP contribution in [-0.4, -0.2) is 32.0 Å². The molecule has 1 aromatic carbocycles. The summed E-state index contributed by atoms with van der Waals surface area (Å²) >= 11 is 6.08. The molecule has 5 heteroatoms. The van der Waals surface area contributed by atoms with E-state index in [-0.39, 0.29) is 0 Å². The summed E-state index contributed by atoms with van der Waals surface area (Å²) in [5.41, 5.74) is 6.02. The summed E-state index contributed by atoms with van der Waals surface area (Å²) in [6, 6.07) is 4.63. The number of hydrogen-bond donors (Lipinski definition) is 1. The first-order valence-corrected chi connectivity index (χ1v) is 5.14. The zero-order valence-corrected chi connectivity index (χ0v) is 10.3. The number of primary amides is 1. The van der Waals surface area contributed by atoms with E-state index in [0.29, 0.717) is 16.3 Å². The standard InChI is InChI=1S/C11H15ClN2O2/c1-14(2)10(11(13)15)8-5-4-7(16-3)6-9(8)12/h4-6,10H,1-3H3,(H2,13,15). The molecule has 0 aliphatic heterocycles. The first kappa shape index (κ1) is 12.8. The van der Waals surface area contributed by atoms with Crippen LogP contribution >= 0.6 is 11.6 Å². The first-order valence-electron chi connectivity index (χ1n) is 4.76. The van der Waals surface area contributed by atoms with Crippen LogP contribution in [0.3, 0.4) is 0 Å². The van der Waals surface area contributed by atoms with Crippen molar-refractivity contribution in [3.63, 3.8) is 0 Å². The molecule has 0 saturated heterocycles. The summed E-state index contributed by atoms with van der Waals surface area (Å²) in [4.78, 5) is 13.1. The third-order valence-corrected chi connectivity index (χ3v) is 2.62. The van der Waals surface area contributed by atoms with E-state index in [1.54, 1.807) is 44.3 Å². The Labute approximate surface area is 99.9 Å². The lowest BCUT2D eigenvalue weighted by Gasteiger charge is -2.22. The first-order chi connectivity index (χ1) is 7.47. The average molecular weight is 243 g/mol. The minimum Gasteiger partial charge on any atom is -0.497 e. The molecule has 0 radical (unpaired) electrons. The summed E-state index contributed by atoms with van der Waals surface area (Å²) < 4.78 is 5.04. The molecule has 0 fully saturated rings. The molecule has 0 bridgehead atoms. The Kier molecular flexibility index (Phi) is 4.15. The van der Waals surface area contributed by atoms with E-state index in [2.05, 4.69) is 0 Å². The number of amides is 1. The number of carbonyl (C=O) groups excluding carboxylic acids is 1. The van der Waals surface area contributed by atoms with Gasteiger partial charge in [0.2, 0.25) is 5.91 Å². The highest BCUT2D eigenvalue weighted by atomic mass is 35.5. The summed E-state index contributed by atoms with van der Waals surface area (Å²) in [5, 5.41) is 0.469. The van der Waals surface area contributed by atoms with Crippen LogP contribution in [0.5, 0.6) is 5.75 Å². The Balaban J connectivity index is 3.15. The topological polar surface area (TPSA) is 55.6 Å². The molecule has 1 amide bonds. The molecule has 2 N–H and O–H groups in total. The van der Waals surface area contributed by atoms with Gasteiger partial charge in [-0.3, -0.25) is 9.69 Å². The van der Waals surface area contributed by atoms with Gasteiger partial charge in [-0.1, -0.05) is 17.7 Å². The molecule has 0 aromatic heterocycles. The molecule has 1 rings (SSSR count). The predicted octanol–water partition coefficient (Wildman–Crippen LogP) is 1.44. The van der Waals surface area contributed by atoms with Crippen LogP contribution in [0, 0.1) is 0 Å². The molecule has 0 aliphatic rings. The molecule has 0 aliphatic carbocycles. The monoisotopic (exact) mass is 242 g/mol. The van der Waals surface area contributed by atoms with Crippen LogP contribution < -0.4 is 10.5 Å². The van der Waals surface area contributed by atoms with Crippen LogP contribution in [0.15, 0.2) is 18.2 Å². The molecular formula is C11H15ClN2O2. The van der Waals surface area contributed by atoms with E-state index in [1.807, 2.05) is 0 Å². The number of hydrogen-bond acceptors (Lipinski definition) is 3. The fourth-order valence-corrected chi connectivity index (χ4v) is 1.82. The number of ether oxygens (including phenoxy) is 1. The van der Waals surface area contributed by atoms with E-state index in [9.17, 15) is 4.79 Å². The zero-order chi connectivity index (χ0) is 12.3. The summed E-state index contributed by atoms with van der Waals surface area (Å²) in [7, 11) is 5.11. The Morgan fingerprint density at radius 2 is 2.12 bits per heavy atom. The van der Waals surface area contributed by atoms with Crippen molar-refractivity contribution in [1.82, 2.24) is 4.90 Å². The number of nitrogens with zero attached hydrogens (tertiary/aromatic N) is 1. The SMILES string of the molecule is COc1ccc(C(C(N)=O)N(C)C)c(Cl)c1. The van der Waals surface area contributed by atoms with E-state index in [0.717, 1.165) is 0 Å². The molecule has 4 nitrogen and oxygen atoms in total. The fourth-order valence-electron chi connectivity index (χ4n) is 1.54. The van der Waals surface area contributed by atoms with Crippen LogP contribution in [0.25, 0.3) is 0 Å². The fraction of sp³-hybridized carbons (Fsp3) is 0.364. The second-order valence-electron chi connectivity index (χ2n) is 3.66. The highest BCUT2D eigenvalue weighted by molar-refractivity contribution is 6.31. The van der Waals surface area contributed by atoms with Gasteiger partial charge in [-0.25, -0.2) is 0 Å². The molecule has 1 atom stereocenters. The lowest BCUT2D eigenvalue weighted by molar-refractivity contribution is -0.122. The Morgan fingerprint density at radius 3 is 2.50 bits per heavy atom. The van der Waals surface area contributed by atoms with Gasteiger partial charge in [-0.15, -0.1) is 0 Å². The Morgan fingerprint density at radius 1 is 1.50 bits per heavy atom. The van der Waals surface area contributed by atoms with Gasteiger partial charge >= 0.3 is 0 Å². The van der Waals surface area contributed by atoms with Crippen LogP contribution in [0.4, 0.5) is 0 Å². The maximum Gasteiger partial charge on any atom is 0.239 e. The molecule has 1 aromatic rings. The number of carbonyl (C=O) groups is 1. The maximum atomic E-state index is 11.3. The summed E-state index contributed by atoms with van der Waals surface area (Å²) in [6.45, 7) is 0. The van der Waals surface area contributed by atoms with Crippen molar-refractivity contribution in [2.24, 2.45) is 5.73 Å². The third kappa shape index (κ3) is 2.65. The number of methoxy groups -OCH3 is 1. The van der Waals surface area contributed by atoms with Crippen molar-refractivity contribution in [3.8, 4) is 5.75 Å². The molecule has 0 spiro atoms. The normalized spacial score (nSPS) is 12.6. The lowest BCUT2D eigenvalue weighted by Crippen LogP contribution is -2.32. The second kappa shape index (κ2) is 5.18. The number of halogens is 1. The second-order valence-corrected chi connectivity index (χ2v) is 4.06. The van der Waals surface area contributed by atoms with E-state index in [1.165, 1.54) is 0 Å². The van der Waals surface area contributed by atoms with Crippen molar-refractivity contribution in [2.75, 3.05) is 21.2 Å². The smallest absolute Gasteiger partial charge is 0.239 e. The molecule has 1 unspecified atom stereocenters. The van der Waals surface area contributed by atoms with Gasteiger partial charge < -0.3 is 10.5 Å². The van der Waals surface area contributed by atoms with E-state index >= 15 is 0 Å². The molecule has 0 heterocycles. The van der Waals surface area contributed by atoms with Crippen molar-refractivity contribution >= 4 is 17.5 Å². The van der Waals surface area contributed by atoms with Crippen molar-refractivity contribution in [1.29, 1.82) is 0 Å². The van der Waals surface area contributed by atoms with E-state index < -0.39 is 11.9 Å². The summed E-state index contributed by atoms with van der Waals surface area (Å²) in [6.07, 6.45) is 0. The van der Waals surface area contributed by atoms with Gasteiger partial charge in [0.25, 0.3) is 0 Å². The van der Waals surface area contributed by atoms with Gasteiger partial charge in [-0.2, -0.15) is 0 Å². The predicted molar refractivity (Wildman–Crippen MR) is 63.6 cm³/mol. The molecule has 0 saturated carbocycles. The van der Waals surface area contributed by atoms with Crippen molar-refractivity contribution in [2.45, 2.75) is 6.04 Å². The van der Waals surface area contributed by atoms with Crippen molar-refractivity contribution < 1.29 is 9.53 Å². The van der Waals surface area contributed by atoms with Gasteiger partial charge in [0.15, 0.2) is 0 Å². The molecular weight excluding hydrogens is 228 g/mol. The van der Waals surface area contributed by atoms with Crippen LogP contribution in [-0.2, 0) is 4.79 Å². The van der Waals surface area contributed by atoms with Crippen molar-refractivity contribution in [3.05, 3.63) is 28.8 Å². The molecule has 88 valence electrons. The zero-order valence-electron chi connectivity index (χ0n) is 9.53. The Hall–Kier alpha value is -1.26. The third-order valence-electron chi connectivity index (χ3n) is 2.29. The van der Waals surface area contributed by atoms with Gasteiger partial charge in [0, 0.05) is 5.02 Å². The van der Waals surface area contributed by atoms with Crippen LogP contribution in [0.1, 0.15) is 11.6 Å². The Bertz CT molecular complexity index is 394. The average Bonchev–Trinajstić information content (AvgIpc) is 2.19. The van der Waals surface area contributed by atoms with Gasteiger partial charge in [0.05, 0.1) is 7.11 Å². The number of benzene rings is 1. The minimum atomic E-state index is -0.529. The number of likely N-dealkylation sites (N-methyl/N-ethyl adjacent to an activating group) is 1. The quantitative estimate of drug-likeness (QED) is 0.869. The number of nitrogens with two attached hydrogens (primary N) is 1. The number of rotatable bonds is 4. The van der Waals surface area contributed by atoms with Gasteiger partial charge in [-0.05, 0) is 31.8 Å². The minimum absolute atomic E-state index is 0.433. The summed E-state index contributed by atoms with van der Waals surface area (Å²) in [5.74, 6) is 0.216. The maximum absolute atomic E-state index is 11.3. The molecule has 16 heavy (non-hydrogen) atoms. The van der Waals surface area contributed by atoms with Crippen LogP contribution in [0.2, 0.25) is 5.02 Å². The largest absolute Gasteiger partial charge is 0.497 e. The van der Waals surface area contributed by atoms with E-state index in [4.69, 9.17) is 22.1 Å². The van der Waals surface area contributed by atoms with Gasteiger partial charge in [0.1, 0.15) is 11.8 Å². The highest BCUT2D eigenvalue weighted by Gasteiger charge is 2.22. The highest BCUT2D eigenvalue weighted by Crippen LogP contribution is 2.29. The lowest BCUT2D eigenvalue weighted by atomic mass is 10.1.